The van der Waals surface area contributed by atoms with E-state index in [1.807, 2.05) is 6.08 Å². The highest BCUT2D eigenvalue weighted by molar-refractivity contribution is 5.22. The molecule has 11 nitrogen and oxygen atoms in total. The van der Waals surface area contributed by atoms with Gasteiger partial charge in [0, 0.05) is 19.3 Å². The maximum Gasteiger partial charge on any atom is 0.187 e. The molecule has 6 rings (SSSR count). The highest BCUT2D eigenvalue weighted by Crippen LogP contribution is 2.75. The highest BCUT2D eigenvalue weighted by Gasteiger charge is 2.69. The second kappa shape index (κ2) is 15.6. The molecule has 0 bridgehead atoms. The van der Waals surface area contributed by atoms with Crippen LogP contribution in [0.5, 0.6) is 0 Å². The Morgan fingerprint density at radius 1 is 0.811 bits per heavy atom. The molecule has 0 aromatic heterocycles. The van der Waals surface area contributed by atoms with Crippen molar-refractivity contribution in [3.8, 4) is 0 Å². The third kappa shape index (κ3) is 7.57. The Hall–Kier alpha value is -0.700. The standard InChI is InChI=1S/C42H72O11/c1-38(2)31-13-17-42(7)32(10-9-29-28(12-16-41(29,42)6)24(21-43)8-11-33(48)39(3,4)49)40(31,5)15-14-34(38)52-37-36(30(47)20-27(23-45)51-37)53-35-19-25(46)18-26(22-44)50-35/h8,25-37,43-49H,9-23H2,1-7H3. The van der Waals surface area contributed by atoms with Gasteiger partial charge in [0.15, 0.2) is 12.6 Å². The lowest BCUT2D eigenvalue weighted by atomic mass is 9.35. The fourth-order valence-corrected chi connectivity index (χ4v) is 13.1. The summed E-state index contributed by atoms with van der Waals surface area (Å²) in [5, 5.41) is 72.8. The highest BCUT2D eigenvalue weighted by atomic mass is 16.7. The summed E-state index contributed by atoms with van der Waals surface area (Å²) in [5.41, 5.74) is -0.0506. The van der Waals surface area contributed by atoms with Gasteiger partial charge in [0.2, 0.25) is 0 Å². The van der Waals surface area contributed by atoms with Gasteiger partial charge in [-0.05, 0) is 123 Å². The van der Waals surface area contributed by atoms with Crippen LogP contribution in [-0.2, 0) is 18.9 Å². The molecular formula is C42H72O11. The summed E-state index contributed by atoms with van der Waals surface area (Å²) in [6.07, 6.45) is 4.98. The van der Waals surface area contributed by atoms with Crippen molar-refractivity contribution in [3.05, 3.63) is 11.6 Å². The number of aliphatic hydroxyl groups is 7. The van der Waals surface area contributed by atoms with Gasteiger partial charge in [-0.25, -0.2) is 0 Å². The van der Waals surface area contributed by atoms with Crippen LogP contribution in [0, 0.1) is 45.3 Å². The Morgan fingerprint density at radius 3 is 2.15 bits per heavy atom. The molecular weight excluding hydrogens is 680 g/mol. The monoisotopic (exact) mass is 753 g/mol. The normalized spacial score (nSPS) is 48.1. The first kappa shape index (κ1) is 41.9. The van der Waals surface area contributed by atoms with Crippen molar-refractivity contribution in [3.63, 3.8) is 0 Å². The van der Waals surface area contributed by atoms with E-state index < -0.39 is 54.8 Å². The third-order valence-corrected chi connectivity index (χ3v) is 16.3. The zero-order valence-corrected chi connectivity index (χ0v) is 33.5. The SMILES string of the molecule is CC(C)(O)C(O)CC=C(CO)C1CCC2(C)C1CCC1C3(C)CCC(OC4OC(CO)CC(O)C4OC4CC(O)CC(CO)O4)C(C)(C)C3CCC12C. The van der Waals surface area contributed by atoms with Crippen molar-refractivity contribution in [2.75, 3.05) is 19.8 Å². The van der Waals surface area contributed by atoms with Crippen LogP contribution >= 0.6 is 0 Å². The lowest BCUT2D eigenvalue weighted by Crippen LogP contribution is -2.64. The number of rotatable bonds is 11. The zero-order chi connectivity index (χ0) is 38.7. The van der Waals surface area contributed by atoms with Crippen molar-refractivity contribution < 1.29 is 54.7 Å². The lowest BCUT2D eigenvalue weighted by Gasteiger charge is -2.70. The topological polar surface area (TPSA) is 179 Å². The number of hydrogen-bond donors (Lipinski definition) is 7. The predicted octanol–water partition coefficient (Wildman–Crippen LogP) is 4.21. The number of hydrogen-bond acceptors (Lipinski definition) is 11. The van der Waals surface area contributed by atoms with E-state index in [1.54, 1.807) is 13.8 Å². The maximum atomic E-state index is 11.3. The minimum absolute atomic E-state index is 0.0170. The van der Waals surface area contributed by atoms with Crippen LogP contribution in [0.3, 0.4) is 0 Å². The molecule has 53 heavy (non-hydrogen) atoms. The summed E-state index contributed by atoms with van der Waals surface area (Å²) in [6, 6.07) is 0. The molecule has 0 amide bonds. The van der Waals surface area contributed by atoms with Crippen LogP contribution in [0.2, 0.25) is 0 Å². The van der Waals surface area contributed by atoms with Gasteiger partial charge < -0.3 is 54.7 Å². The Labute approximate surface area is 317 Å². The van der Waals surface area contributed by atoms with E-state index in [-0.39, 0.29) is 66.3 Å². The minimum Gasteiger partial charge on any atom is -0.394 e. The van der Waals surface area contributed by atoms with E-state index in [1.165, 1.54) is 0 Å². The molecule has 2 saturated heterocycles. The van der Waals surface area contributed by atoms with E-state index in [0.29, 0.717) is 30.6 Å². The molecule has 16 unspecified atom stereocenters. The third-order valence-electron chi connectivity index (χ3n) is 16.3. The quantitative estimate of drug-likeness (QED) is 0.119. The van der Waals surface area contributed by atoms with Crippen molar-refractivity contribution in [2.45, 2.75) is 186 Å². The molecule has 0 radical (unpaired) electrons. The Kier molecular flexibility index (Phi) is 12.3. The molecule has 6 aliphatic rings. The number of fused-ring (bicyclic) bond motifs is 5. The summed E-state index contributed by atoms with van der Waals surface area (Å²) < 4.78 is 25.3. The summed E-state index contributed by atoms with van der Waals surface area (Å²) in [5.74, 6) is 1.67. The van der Waals surface area contributed by atoms with Crippen molar-refractivity contribution in [2.24, 2.45) is 45.3 Å². The first-order chi connectivity index (χ1) is 24.8. The van der Waals surface area contributed by atoms with Gasteiger partial charge in [-0.3, -0.25) is 0 Å². The molecule has 0 spiro atoms. The van der Waals surface area contributed by atoms with Crippen molar-refractivity contribution >= 4 is 0 Å². The van der Waals surface area contributed by atoms with Crippen LogP contribution in [0.1, 0.15) is 126 Å². The molecule has 2 aliphatic heterocycles. The zero-order valence-electron chi connectivity index (χ0n) is 33.5. The molecule has 0 aromatic rings. The molecule has 0 aromatic carbocycles. The fraction of sp³-hybridized carbons (Fsp3) is 0.952. The number of aliphatic hydroxyl groups excluding tert-OH is 6. The molecule has 16 atom stereocenters. The van der Waals surface area contributed by atoms with Gasteiger partial charge in [-0.2, -0.15) is 0 Å². The van der Waals surface area contributed by atoms with E-state index in [4.69, 9.17) is 18.9 Å². The molecule has 11 heteroatoms. The molecule has 4 saturated carbocycles. The summed E-state index contributed by atoms with van der Waals surface area (Å²) in [6.45, 7) is 15.0. The van der Waals surface area contributed by atoms with Gasteiger partial charge in [0.25, 0.3) is 0 Å². The van der Waals surface area contributed by atoms with E-state index in [9.17, 15) is 35.7 Å². The second-order valence-corrected chi connectivity index (χ2v) is 19.8. The minimum atomic E-state index is -1.19. The maximum absolute atomic E-state index is 11.3. The Balaban J connectivity index is 1.19. The fourth-order valence-electron chi connectivity index (χ4n) is 13.1. The largest absolute Gasteiger partial charge is 0.394 e. The van der Waals surface area contributed by atoms with Crippen LogP contribution in [0.25, 0.3) is 0 Å². The smallest absolute Gasteiger partial charge is 0.187 e. The van der Waals surface area contributed by atoms with Crippen LogP contribution in [0.4, 0.5) is 0 Å². The van der Waals surface area contributed by atoms with Gasteiger partial charge in [-0.15, -0.1) is 0 Å². The average molecular weight is 753 g/mol. The Bertz CT molecular complexity index is 1280. The molecule has 4 aliphatic carbocycles. The first-order valence-electron chi connectivity index (χ1n) is 20.7. The van der Waals surface area contributed by atoms with E-state index >= 15 is 0 Å². The molecule has 7 N–H and O–H groups in total. The first-order valence-corrected chi connectivity index (χ1v) is 20.7. The van der Waals surface area contributed by atoms with Crippen LogP contribution in [0.15, 0.2) is 11.6 Å². The van der Waals surface area contributed by atoms with E-state index in [2.05, 4.69) is 34.6 Å². The molecule has 2 heterocycles. The van der Waals surface area contributed by atoms with Gasteiger partial charge in [0.1, 0.15) is 6.10 Å². The molecule has 6 fully saturated rings. The Morgan fingerprint density at radius 2 is 1.49 bits per heavy atom. The van der Waals surface area contributed by atoms with Gasteiger partial charge in [-0.1, -0.05) is 40.7 Å². The molecule has 306 valence electrons. The number of ether oxygens (including phenoxy) is 4. The summed E-state index contributed by atoms with van der Waals surface area (Å²) in [4.78, 5) is 0. The predicted molar refractivity (Wildman–Crippen MR) is 198 cm³/mol. The van der Waals surface area contributed by atoms with Crippen molar-refractivity contribution in [1.29, 1.82) is 0 Å². The summed E-state index contributed by atoms with van der Waals surface area (Å²) in [7, 11) is 0. The van der Waals surface area contributed by atoms with E-state index in [0.717, 1.165) is 56.9 Å². The van der Waals surface area contributed by atoms with Gasteiger partial charge in [0.05, 0.1) is 62.0 Å². The van der Waals surface area contributed by atoms with Crippen molar-refractivity contribution in [1.82, 2.24) is 0 Å². The average Bonchev–Trinajstić information content (AvgIpc) is 3.44. The van der Waals surface area contributed by atoms with Gasteiger partial charge >= 0.3 is 0 Å². The second-order valence-electron chi connectivity index (χ2n) is 19.8. The van der Waals surface area contributed by atoms with Crippen LogP contribution in [-0.4, -0.2) is 116 Å². The summed E-state index contributed by atoms with van der Waals surface area (Å²) >= 11 is 0. The lowest BCUT2D eigenvalue weighted by molar-refractivity contribution is -0.347. The van der Waals surface area contributed by atoms with Crippen LogP contribution < -0.4 is 0 Å².